The molecular formula is C23H20Cl2N2O3. The predicted molar refractivity (Wildman–Crippen MR) is 119 cm³/mol. The predicted octanol–water partition coefficient (Wildman–Crippen LogP) is 5.33. The Morgan fingerprint density at radius 2 is 1.67 bits per heavy atom. The summed E-state index contributed by atoms with van der Waals surface area (Å²) in [5.41, 5.74) is 1.73. The molecule has 3 rings (SSSR count). The molecule has 1 unspecified atom stereocenters. The topological polar surface area (TPSA) is 67.4 Å². The highest BCUT2D eigenvalue weighted by Gasteiger charge is 2.19. The van der Waals surface area contributed by atoms with Gasteiger partial charge in [-0.05, 0) is 42.8 Å². The summed E-state index contributed by atoms with van der Waals surface area (Å²) in [7, 11) is 0. The summed E-state index contributed by atoms with van der Waals surface area (Å²) < 4.78 is 5.64. The van der Waals surface area contributed by atoms with Crippen molar-refractivity contribution in [1.29, 1.82) is 0 Å². The van der Waals surface area contributed by atoms with E-state index in [0.29, 0.717) is 33.6 Å². The maximum absolute atomic E-state index is 12.6. The van der Waals surface area contributed by atoms with E-state index in [1.54, 1.807) is 43.3 Å². The van der Waals surface area contributed by atoms with Crippen LogP contribution in [0, 0.1) is 0 Å². The zero-order valence-electron chi connectivity index (χ0n) is 16.2. The van der Waals surface area contributed by atoms with E-state index in [1.165, 1.54) is 6.07 Å². The summed E-state index contributed by atoms with van der Waals surface area (Å²) >= 11 is 12.0. The van der Waals surface area contributed by atoms with E-state index < -0.39 is 12.0 Å². The molecule has 154 valence electrons. The lowest BCUT2D eigenvalue weighted by Crippen LogP contribution is -2.31. The lowest BCUT2D eigenvalue weighted by Gasteiger charge is -2.17. The average Bonchev–Trinajstić information content (AvgIpc) is 2.75. The Balaban J connectivity index is 1.66. The zero-order valence-corrected chi connectivity index (χ0v) is 17.7. The van der Waals surface area contributed by atoms with E-state index >= 15 is 0 Å². The van der Waals surface area contributed by atoms with Gasteiger partial charge in [0.05, 0.1) is 16.3 Å². The largest absolute Gasteiger partial charge is 0.479 e. The number of carbonyl (C=O) groups excluding carboxylic acids is 2. The minimum absolute atomic E-state index is 0.288. The van der Waals surface area contributed by atoms with E-state index in [-0.39, 0.29) is 5.91 Å². The average molecular weight is 443 g/mol. The first-order valence-corrected chi connectivity index (χ1v) is 10.0. The normalized spacial score (nSPS) is 11.4. The number of hydrogen-bond donors (Lipinski definition) is 2. The number of ether oxygens (including phenoxy) is 1. The smallest absolute Gasteiger partial charge is 0.265 e. The Kier molecular flexibility index (Phi) is 7.33. The SMILES string of the molecule is CC(Oc1ccc(Cl)cc1Cl)C(=O)Nc1ccccc1C(=O)NCc1ccccc1. The van der Waals surface area contributed by atoms with Crippen molar-refractivity contribution in [2.24, 2.45) is 0 Å². The summed E-state index contributed by atoms with van der Waals surface area (Å²) in [6, 6.07) is 21.1. The van der Waals surface area contributed by atoms with Crippen LogP contribution >= 0.6 is 23.2 Å². The highest BCUT2D eigenvalue weighted by molar-refractivity contribution is 6.35. The molecule has 0 aromatic heterocycles. The minimum atomic E-state index is -0.843. The molecule has 0 fully saturated rings. The Morgan fingerprint density at radius 1 is 0.967 bits per heavy atom. The van der Waals surface area contributed by atoms with Crippen molar-refractivity contribution in [2.45, 2.75) is 19.6 Å². The fraction of sp³-hybridized carbons (Fsp3) is 0.130. The summed E-state index contributed by atoms with van der Waals surface area (Å²) in [6.07, 6.45) is -0.843. The fourth-order valence-electron chi connectivity index (χ4n) is 2.71. The van der Waals surface area contributed by atoms with Crippen LogP contribution in [0.1, 0.15) is 22.8 Å². The van der Waals surface area contributed by atoms with Gasteiger partial charge in [0, 0.05) is 11.6 Å². The van der Waals surface area contributed by atoms with Crippen LogP contribution < -0.4 is 15.4 Å². The molecule has 3 aromatic carbocycles. The Labute approximate surface area is 185 Å². The molecule has 2 N–H and O–H groups in total. The molecule has 7 heteroatoms. The second-order valence-corrected chi connectivity index (χ2v) is 7.38. The van der Waals surface area contributed by atoms with E-state index in [2.05, 4.69) is 10.6 Å². The van der Waals surface area contributed by atoms with Crippen molar-refractivity contribution in [1.82, 2.24) is 5.32 Å². The van der Waals surface area contributed by atoms with Crippen LogP contribution in [0.5, 0.6) is 5.75 Å². The van der Waals surface area contributed by atoms with E-state index in [1.807, 2.05) is 30.3 Å². The molecule has 2 amide bonds. The molecule has 3 aromatic rings. The van der Waals surface area contributed by atoms with Crippen molar-refractivity contribution >= 4 is 40.7 Å². The van der Waals surface area contributed by atoms with Gasteiger partial charge in [0.15, 0.2) is 6.10 Å². The Hall–Kier alpha value is -3.02. The van der Waals surface area contributed by atoms with Crippen LogP contribution in [-0.2, 0) is 11.3 Å². The number of para-hydroxylation sites is 1. The third-order valence-electron chi connectivity index (χ3n) is 4.29. The summed E-state index contributed by atoms with van der Waals surface area (Å²) in [5.74, 6) is -0.356. The van der Waals surface area contributed by atoms with E-state index in [0.717, 1.165) is 5.56 Å². The van der Waals surface area contributed by atoms with Gasteiger partial charge in [-0.25, -0.2) is 0 Å². The maximum atomic E-state index is 12.6. The van der Waals surface area contributed by atoms with Crippen LogP contribution in [-0.4, -0.2) is 17.9 Å². The van der Waals surface area contributed by atoms with Gasteiger partial charge in [-0.15, -0.1) is 0 Å². The van der Waals surface area contributed by atoms with Crippen LogP contribution in [0.25, 0.3) is 0 Å². The molecule has 5 nitrogen and oxygen atoms in total. The highest BCUT2D eigenvalue weighted by Crippen LogP contribution is 2.28. The maximum Gasteiger partial charge on any atom is 0.265 e. The van der Waals surface area contributed by atoms with Gasteiger partial charge in [0.2, 0.25) is 0 Å². The van der Waals surface area contributed by atoms with Gasteiger partial charge < -0.3 is 15.4 Å². The van der Waals surface area contributed by atoms with Gasteiger partial charge in [0.1, 0.15) is 5.75 Å². The van der Waals surface area contributed by atoms with Crippen molar-refractivity contribution < 1.29 is 14.3 Å². The van der Waals surface area contributed by atoms with Crippen molar-refractivity contribution in [2.75, 3.05) is 5.32 Å². The van der Waals surface area contributed by atoms with E-state index in [9.17, 15) is 9.59 Å². The molecule has 0 saturated heterocycles. The molecule has 0 radical (unpaired) electrons. The number of hydrogen-bond acceptors (Lipinski definition) is 3. The van der Waals surface area contributed by atoms with Crippen molar-refractivity contribution in [3.8, 4) is 5.75 Å². The summed E-state index contributed by atoms with van der Waals surface area (Å²) in [6.45, 7) is 1.98. The van der Waals surface area contributed by atoms with Crippen LogP contribution in [0.4, 0.5) is 5.69 Å². The molecular weight excluding hydrogens is 423 g/mol. The molecule has 0 aliphatic carbocycles. The number of anilines is 1. The third kappa shape index (κ3) is 5.75. The summed E-state index contributed by atoms with van der Waals surface area (Å²) in [5, 5.41) is 6.39. The van der Waals surface area contributed by atoms with Crippen molar-refractivity contribution in [3.63, 3.8) is 0 Å². The molecule has 0 spiro atoms. The van der Waals surface area contributed by atoms with Gasteiger partial charge in [-0.1, -0.05) is 65.7 Å². The number of benzene rings is 3. The highest BCUT2D eigenvalue weighted by atomic mass is 35.5. The lowest BCUT2D eigenvalue weighted by atomic mass is 10.1. The third-order valence-corrected chi connectivity index (χ3v) is 4.82. The monoisotopic (exact) mass is 442 g/mol. The first-order chi connectivity index (χ1) is 14.4. The summed E-state index contributed by atoms with van der Waals surface area (Å²) in [4.78, 5) is 25.2. The van der Waals surface area contributed by atoms with Gasteiger partial charge in [0.25, 0.3) is 11.8 Å². The molecule has 0 aliphatic heterocycles. The lowest BCUT2D eigenvalue weighted by molar-refractivity contribution is -0.122. The number of rotatable bonds is 7. The number of halogens is 2. The van der Waals surface area contributed by atoms with E-state index in [4.69, 9.17) is 27.9 Å². The molecule has 0 bridgehead atoms. The van der Waals surface area contributed by atoms with Crippen LogP contribution in [0.15, 0.2) is 72.8 Å². The standard InChI is InChI=1S/C23H20Cl2N2O3/c1-15(30-21-12-11-17(24)13-19(21)25)22(28)27-20-10-6-5-9-18(20)23(29)26-14-16-7-3-2-4-8-16/h2-13,15H,14H2,1H3,(H,26,29)(H,27,28). The number of amides is 2. The zero-order chi connectivity index (χ0) is 21.5. The minimum Gasteiger partial charge on any atom is -0.479 e. The first kappa shape index (κ1) is 21.7. The van der Waals surface area contributed by atoms with Crippen molar-refractivity contribution in [3.05, 3.63) is 94.0 Å². The Morgan fingerprint density at radius 3 is 2.40 bits per heavy atom. The van der Waals surface area contributed by atoms with Gasteiger partial charge in [-0.3, -0.25) is 9.59 Å². The molecule has 0 aliphatic rings. The molecule has 0 saturated carbocycles. The molecule has 1 atom stereocenters. The quantitative estimate of drug-likeness (QED) is 0.519. The van der Waals surface area contributed by atoms with Crippen LogP contribution in [0.2, 0.25) is 10.0 Å². The second-order valence-electron chi connectivity index (χ2n) is 6.54. The second kappa shape index (κ2) is 10.1. The molecule has 30 heavy (non-hydrogen) atoms. The van der Waals surface area contributed by atoms with Crippen LogP contribution in [0.3, 0.4) is 0 Å². The first-order valence-electron chi connectivity index (χ1n) is 9.28. The fourth-order valence-corrected chi connectivity index (χ4v) is 3.17. The van der Waals surface area contributed by atoms with Gasteiger partial charge in [-0.2, -0.15) is 0 Å². The molecule has 0 heterocycles. The number of carbonyl (C=O) groups is 2. The van der Waals surface area contributed by atoms with Gasteiger partial charge >= 0.3 is 0 Å². The number of nitrogens with one attached hydrogen (secondary N) is 2. The Bertz CT molecular complexity index is 1040.